The quantitative estimate of drug-likeness (QED) is 0.394. The molecule has 4 rings (SSSR count). The monoisotopic (exact) mass is 818 g/mol. The largest absolute Gasteiger partial charge is 0.698 e. The summed E-state index contributed by atoms with van der Waals surface area (Å²) in [6, 6.07) is 11.4. The van der Waals surface area contributed by atoms with Gasteiger partial charge in [-0.25, -0.2) is 0 Å². The third-order valence-corrected chi connectivity index (χ3v) is 5.11. The van der Waals surface area contributed by atoms with Crippen LogP contribution in [0.3, 0.4) is 0 Å². The number of rotatable bonds is 2. The second-order valence-electron chi connectivity index (χ2n) is 7.06. The topological polar surface area (TPSA) is 79.9 Å². The van der Waals surface area contributed by atoms with Gasteiger partial charge in [-0.15, -0.1) is 11.4 Å². The Morgan fingerprint density at radius 3 is 2.34 bits per heavy atom. The summed E-state index contributed by atoms with van der Waals surface area (Å²) < 4.78 is 0. The first kappa shape index (κ1) is 27.2. The first-order valence-corrected chi connectivity index (χ1v) is 9.83. The summed E-state index contributed by atoms with van der Waals surface area (Å²) in [4.78, 5) is 13.8. The molecule has 0 spiro atoms. The summed E-state index contributed by atoms with van der Waals surface area (Å²) in [5.74, 6) is 0.189. The molecule has 0 fully saturated rings. The van der Waals surface area contributed by atoms with E-state index in [0.29, 0.717) is 17.8 Å². The van der Waals surface area contributed by atoms with Crippen LogP contribution in [0, 0.1) is 88.1 Å². The number of hydrogen-bond acceptors (Lipinski definition) is 2. The number of nitrogens with zero attached hydrogens (tertiary/aromatic N) is 1. The van der Waals surface area contributed by atoms with Crippen LogP contribution >= 0.6 is 0 Å². The number of anilines is 2. The molecule has 0 aliphatic carbocycles. The summed E-state index contributed by atoms with van der Waals surface area (Å²) in [5, 5.41) is 3.28. The van der Waals surface area contributed by atoms with Gasteiger partial charge in [0, 0.05) is 119 Å². The van der Waals surface area contributed by atoms with Crippen molar-refractivity contribution in [1.82, 2.24) is 0 Å². The van der Waals surface area contributed by atoms with Gasteiger partial charge in [-0.2, -0.15) is 0 Å². The van der Waals surface area contributed by atoms with Crippen molar-refractivity contribution in [2.75, 3.05) is 23.3 Å². The van der Waals surface area contributed by atoms with E-state index < -0.39 is 0 Å². The van der Waals surface area contributed by atoms with Gasteiger partial charge in [0.2, 0.25) is 5.91 Å². The van der Waals surface area contributed by atoms with Crippen molar-refractivity contribution in [3.63, 3.8) is 0 Å². The van der Waals surface area contributed by atoms with E-state index in [1.807, 2.05) is 42.2 Å². The van der Waals surface area contributed by atoms with Gasteiger partial charge in [0.1, 0.15) is 0 Å². The SMILES string of the molecule is CCCC(=O)N1CCCc2c([NH-])cccc21.[Ac].[Ac].[NH-]c1cccc2c1CCCN2. The van der Waals surface area contributed by atoms with E-state index in [-0.39, 0.29) is 94.0 Å². The Balaban J connectivity index is 0.000000286. The van der Waals surface area contributed by atoms with Crippen molar-refractivity contribution in [1.29, 1.82) is 0 Å². The van der Waals surface area contributed by atoms with Gasteiger partial charge in [-0.3, -0.25) is 4.79 Å². The van der Waals surface area contributed by atoms with E-state index in [1.54, 1.807) is 6.07 Å². The minimum atomic E-state index is 0. The molecule has 0 atom stereocenters. The number of carbonyl (C=O) groups is 1. The van der Waals surface area contributed by atoms with Crippen molar-refractivity contribution in [2.24, 2.45) is 0 Å². The van der Waals surface area contributed by atoms with Crippen molar-refractivity contribution < 1.29 is 92.9 Å². The Kier molecular flexibility index (Phi) is 12.7. The molecule has 2 aliphatic rings. The van der Waals surface area contributed by atoms with Gasteiger partial charge in [-0.1, -0.05) is 31.2 Å². The smallest absolute Gasteiger partial charge is 0.226 e. The Morgan fingerprint density at radius 1 is 1.00 bits per heavy atom. The number of carbonyl (C=O) groups excluding carboxylic acids is 1. The molecule has 0 bridgehead atoms. The first-order chi connectivity index (χ1) is 13.1. The Bertz CT molecular complexity index is 813. The average Bonchev–Trinajstić information content (AvgIpc) is 2.69. The van der Waals surface area contributed by atoms with E-state index in [0.717, 1.165) is 62.1 Å². The number of nitrogens with one attached hydrogen (secondary N) is 3. The second kappa shape index (κ2) is 13.6. The maximum atomic E-state index is 11.9. The summed E-state index contributed by atoms with van der Waals surface area (Å²) in [6.07, 6.45) is 5.58. The molecule has 2 heterocycles. The van der Waals surface area contributed by atoms with E-state index in [9.17, 15) is 4.79 Å². The normalized spacial score (nSPS) is 13.9. The van der Waals surface area contributed by atoms with Crippen LogP contribution in [0.2, 0.25) is 0 Å². The molecule has 5 nitrogen and oxygen atoms in total. The van der Waals surface area contributed by atoms with Gasteiger partial charge >= 0.3 is 0 Å². The molecule has 29 heavy (non-hydrogen) atoms. The average molecular weight is 818 g/mol. The van der Waals surface area contributed by atoms with Gasteiger partial charge < -0.3 is 21.7 Å². The Hall–Kier alpha value is 0.193. The molecule has 0 unspecified atom stereocenters. The van der Waals surface area contributed by atoms with Crippen molar-refractivity contribution in [3.05, 3.63) is 59.0 Å². The Labute approximate surface area is 245 Å². The summed E-state index contributed by atoms with van der Waals surface area (Å²) in [6.45, 7) is 3.87. The van der Waals surface area contributed by atoms with Gasteiger partial charge in [-0.05, 0) is 55.4 Å². The van der Waals surface area contributed by atoms with Crippen LogP contribution in [0.5, 0.6) is 0 Å². The van der Waals surface area contributed by atoms with E-state index >= 15 is 0 Å². The van der Waals surface area contributed by atoms with Crippen LogP contribution in [0.1, 0.15) is 43.7 Å². The van der Waals surface area contributed by atoms with Gasteiger partial charge in [0.05, 0.1) is 0 Å². The molecule has 0 aromatic heterocycles. The van der Waals surface area contributed by atoms with Crippen molar-refractivity contribution >= 4 is 28.7 Å². The van der Waals surface area contributed by atoms with Crippen molar-refractivity contribution in [3.8, 4) is 0 Å². The summed E-state index contributed by atoms with van der Waals surface area (Å²) in [7, 11) is 0. The van der Waals surface area contributed by atoms with Crippen LogP contribution in [-0.4, -0.2) is 19.0 Å². The van der Waals surface area contributed by atoms with Crippen LogP contribution < -0.4 is 10.2 Å². The van der Waals surface area contributed by atoms with Crippen LogP contribution in [0.25, 0.3) is 11.5 Å². The molecule has 2 aromatic carbocycles. The summed E-state index contributed by atoms with van der Waals surface area (Å²) in [5.41, 5.74) is 21.0. The molecule has 150 valence electrons. The predicted octanol–water partition coefficient (Wildman–Crippen LogP) is 6.18. The van der Waals surface area contributed by atoms with Crippen LogP contribution in [-0.2, 0) is 17.6 Å². The van der Waals surface area contributed by atoms with E-state index in [2.05, 4.69) is 5.32 Å². The fourth-order valence-electron chi connectivity index (χ4n) is 3.74. The molecule has 0 saturated carbocycles. The van der Waals surface area contributed by atoms with E-state index in [1.165, 1.54) is 5.56 Å². The Morgan fingerprint density at radius 2 is 1.66 bits per heavy atom. The third kappa shape index (κ3) is 7.10. The molecule has 0 saturated heterocycles. The van der Waals surface area contributed by atoms with Crippen molar-refractivity contribution in [2.45, 2.75) is 45.4 Å². The second-order valence-corrected chi connectivity index (χ2v) is 7.06. The number of amides is 1. The molecule has 3 N–H and O–H groups in total. The maximum absolute atomic E-state index is 11.9. The number of benzene rings is 2. The zero-order valence-corrected chi connectivity index (χ0v) is 26.6. The third-order valence-electron chi connectivity index (χ3n) is 5.11. The standard InChI is InChI=1S/C13H17N2O.C9H11N2.2Ac/c1-2-5-13(16)15-9-4-6-10-11(14)7-3-8-12(10)15;10-8-4-1-5-9-7(8)3-2-6-11-9;;/h3,7-8,14H,2,4-6,9H2,1H3;1,4-5,10-11H,2-3,6H2;;/q2*-1;;. The minimum Gasteiger partial charge on any atom is -0.698 e. The first-order valence-electron chi connectivity index (χ1n) is 9.83. The molecule has 2 radical (unpaired) electrons. The predicted molar refractivity (Wildman–Crippen MR) is 113 cm³/mol. The zero-order valence-electron chi connectivity index (χ0n) is 17.1. The molecular formula is C22H28Ac2N4O-2. The molecular weight excluding hydrogens is 790 g/mol. The van der Waals surface area contributed by atoms with Gasteiger partial charge in [0.25, 0.3) is 0 Å². The van der Waals surface area contributed by atoms with Gasteiger partial charge in [0.15, 0.2) is 0 Å². The summed E-state index contributed by atoms with van der Waals surface area (Å²) >= 11 is 0. The zero-order chi connectivity index (χ0) is 19.2. The maximum Gasteiger partial charge on any atom is 0.226 e. The minimum absolute atomic E-state index is 0. The fraction of sp³-hybridized carbons (Fsp3) is 0.409. The van der Waals surface area contributed by atoms with Crippen LogP contribution in [0.4, 0.5) is 22.7 Å². The number of fused-ring (bicyclic) bond motifs is 2. The molecule has 2 aliphatic heterocycles. The number of hydrogen-bond donors (Lipinski definition) is 1. The van der Waals surface area contributed by atoms with Crippen LogP contribution in [0.15, 0.2) is 36.4 Å². The molecule has 7 heteroatoms. The molecule has 1 amide bonds. The molecule has 2 aromatic rings. The van der Waals surface area contributed by atoms with E-state index in [4.69, 9.17) is 11.5 Å². The fourth-order valence-corrected chi connectivity index (χ4v) is 3.74.